The van der Waals surface area contributed by atoms with Crippen molar-refractivity contribution < 1.29 is 28.6 Å². The molecule has 2 amide bonds. The van der Waals surface area contributed by atoms with E-state index in [-0.39, 0.29) is 12.1 Å². The van der Waals surface area contributed by atoms with Crippen LogP contribution in [0.1, 0.15) is 41.8 Å². The van der Waals surface area contributed by atoms with E-state index in [4.69, 9.17) is 0 Å². The van der Waals surface area contributed by atoms with Crippen molar-refractivity contribution in [2.75, 3.05) is 13.1 Å². The quantitative estimate of drug-likeness (QED) is 0.574. The zero-order chi connectivity index (χ0) is 22.6. The van der Waals surface area contributed by atoms with Crippen LogP contribution < -0.4 is 5.32 Å². The lowest BCUT2D eigenvalue weighted by Gasteiger charge is -2.29. The maximum absolute atomic E-state index is 13.7. The lowest BCUT2D eigenvalue weighted by atomic mass is 9.99. The number of aliphatic hydroxyl groups is 2. The normalized spacial score (nSPS) is 18.6. The third-order valence-electron chi connectivity index (χ3n) is 5.39. The molecule has 9 heteroatoms. The summed E-state index contributed by atoms with van der Waals surface area (Å²) in [6, 6.07) is 9.16. The highest BCUT2D eigenvalue weighted by atomic mass is 32.1. The van der Waals surface area contributed by atoms with Crippen LogP contribution in [0, 0.1) is 0 Å². The number of carbonyl (C=O) groups is 2. The molecular formula is C22H26F2N2O4S. The van der Waals surface area contributed by atoms with Crippen LogP contribution in [0.3, 0.4) is 0 Å². The van der Waals surface area contributed by atoms with E-state index in [9.17, 15) is 28.6 Å². The molecule has 0 spiro atoms. The van der Waals surface area contributed by atoms with Crippen LogP contribution in [-0.2, 0) is 21.9 Å². The van der Waals surface area contributed by atoms with Crippen molar-refractivity contribution in [2.24, 2.45) is 0 Å². The predicted octanol–water partition coefficient (Wildman–Crippen LogP) is 2.60. The third kappa shape index (κ3) is 5.66. The minimum Gasteiger partial charge on any atom is -0.380 e. The van der Waals surface area contributed by atoms with Crippen molar-refractivity contribution in [2.45, 2.75) is 50.4 Å². The summed E-state index contributed by atoms with van der Waals surface area (Å²) in [6.07, 6.45) is -2.10. The molecule has 31 heavy (non-hydrogen) atoms. The van der Waals surface area contributed by atoms with Gasteiger partial charge in [0.15, 0.2) is 12.2 Å². The number of hydrogen-bond acceptors (Lipinski definition) is 5. The molecule has 1 saturated heterocycles. The zero-order valence-electron chi connectivity index (χ0n) is 17.1. The number of benzene rings is 1. The second kappa shape index (κ2) is 9.84. The molecule has 0 unspecified atom stereocenters. The molecule has 3 N–H and O–H groups in total. The summed E-state index contributed by atoms with van der Waals surface area (Å²) < 4.78 is 27.4. The molecule has 1 aromatic heterocycles. The fourth-order valence-corrected chi connectivity index (χ4v) is 4.42. The SMILES string of the molecule is CC(F)(F)c1cccc([C@H]2CCCN2C(=O)[C@H](O)[C@@H](O)C(=O)NCCc2cccs2)c1. The highest BCUT2D eigenvalue weighted by Gasteiger charge is 2.38. The summed E-state index contributed by atoms with van der Waals surface area (Å²) in [7, 11) is 0. The van der Waals surface area contributed by atoms with E-state index < -0.39 is 36.0 Å². The van der Waals surface area contributed by atoms with Crippen molar-refractivity contribution >= 4 is 23.2 Å². The average molecular weight is 453 g/mol. The highest BCUT2D eigenvalue weighted by molar-refractivity contribution is 7.09. The molecule has 2 heterocycles. The van der Waals surface area contributed by atoms with Gasteiger partial charge in [-0.05, 0) is 42.3 Å². The van der Waals surface area contributed by atoms with Crippen molar-refractivity contribution in [3.05, 3.63) is 57.8 Å². The number of likely N-dealkylation sites (tertiary alicyclic amines) is 1. The number of thiophene rings is 1. The number of nitrogens with one attached hydrogen (secondary N) is 1. The summed E-state index contributed by atoms with van der Waals surface area (Å²) in [5.74, 6) is -4.64. The van der Waals surface area contributed by atoms with Gasteiger partial charge in [-0.25, -0.2) is 8.78 Å². The van der Waals surface area contributed by atoms with Crippen LogP contribution in [0.2, 0.25) is 0 Å². The Bertz CT molecular complexity index is 901. The third-order valence-corrected chi connectivity index (χ3v) is 6.32. The Morgan fingerprint density at radius 2 is 2.03 bits per heavy atom. The molecule has 3 rings (SSSR count). The second-order valence-corrected chi connectivity index (χ2v) is 8.75. The van der Waals surface area contributed by atoms with Gasteiger partial charge < -0.3 is 20.4 Å². The minimum absolute atomic E-state index is 0.157. The van der Waals surface area contributed by atoms with Gasteiger partial charge in [0, 0.05) is 30.5 Å². The van der Waals surface area contributed by atoms with Gasteiger partial charge in [0.25, 0.3) is 17.7 Å². The molecule has 1 aliphatic heterocycles. The maximum Gasteiger partial charge on any atom is 0.270 e. The summed E-state index contributed by atoms with van der Waals surface area (Å²) in [6.45, 7) is 1.38. The van der Waals surface area contributed by atoms with Gasteiger partial charge in [0.05, 0.1) is 6.04 Å². The van der Waals surface area contributed by atoms with Crippen LogP contribution in [0.15, 0.2) is 41.8 Å². The van der Waals surface area contributed by atoms with Crippen LogP contribution in [0.25, 0.3) is 0 Å². The van der Waals surface area contributed by atoms with E-state index in [0.717, 1.165) is 11.8 Å². The van der Waals surface area contributed by atoms with Crippen molar-refractivity contribution in [3.63, 3.8) is 0 Å². The Morgan fingerprint density at radius 1 is 1.26 bits per heavy atom. The molecule has 0 radical (unpaired) electrons. The Balaban J connectivity index is 1.63. The van der Waals surface area contributed by atoms with Gasteiger partial charge in [-0.15, -0.1) is 11.3 Å². The van der Waals surface area contributed by atoms with Crippen LogP contribution in [0.5, 0.6) is 0 Å². The summed E-state index contributed by atoms with van der Waals surface area (Å²) in [5, 5.41) is 24.9. The molecule has 3 atom stereocenters. The van der Waals surface area contributed by atoms with Crippen LogP contribution in [0.4, 0.5) is 8.78 Å². The maximum atomic E-state index is 13.7. The Kier molecular flexibility index (Phi) is 7.40. The number of carbonyl (C=O) groups excluding carboxylic acids is 2. The molecular weight excluding hydrogens is 426 g/mol. The number of aliphatic hydroxyl groups excluding tert-OH is 2. The zero-order valence-corrected chi connectivity index (χ0v) is 17.9. The molecule has 0 saturated carbocycles. The molecule has 168 valence electrons. The van der Waals surface area contributed by atoms with E-state index >= 15 is 0 Å². The fraction of sp³-hybridized carbons (Fsp3) is 0.455. The average Bonchev–Trinajstić information content (AvgIpc) is 3.43. The Hall–Kier alpha value is -2.36. The summed E-state index contributed by atoms with van der Waals surface area (Å²) in [5.41, 5.74) is 0.377. The number of rotatable bonds is 8. The molecule has 1 fully saturated rings. The largest absolute Gasteiger partial charge is 0.380 e. The van der Waals surface area contributed by atoms with Gasteiger partial charge in [0.1, 0.15) is 0 Å². The van der Waals surface area contributed by atoms with Crippen molar-refractivity contribution in [1.82, 2.24) is 10.2 Å². The van der Waals surface area contributed by atoms with E-state index in [2.05, 4.69) is 5.32 Å². The standard InChI is InChI=1S/C22H26F2N2O4S/c1-22(23,24)15-6-2-5-14(13-15)17-8-3-11-26(17)21(30)19(28)18(27)20(29)25-10-9-16-7-4-12-31-16/h2,4-7,12-13,17-19,27-28H,3,8-11H2,1H3,(H,25,29)/t17-,18-,19-/m1/s1. The summed E-state index contributed by atoms with van der Waals surface area (Å²) >= 11 is 1.54. The van der Waals surface area contributed by atoms with Crippen LogP contribution >= 0.6 is 11.3 Å². The lowest BCUT2D eigenvalue weighted by Crippen LogP contribution is -2.50. The predicted molar refractivity (Wildman–Crippen MR) is 113 cm³/mol. The minimum atomic E-state index is -3.01. The first-order valence-corrected chi connectivity index (χ1v) is 11.0. The molecule has 6 nitrogen and oxygen atoms in total. The van der Waals surface area contributed by atoms with Crippen LogP contribution in [-0.4, -0.2) is 52.2 Å². The fourth-order valence-electron chi connectivity index (χ4n) is 3.71. The first kappa shape index (κ1) is 23.3. The number of amides is 2. The van der Waals surface area contributed by atoms with Crippen molar-refractivity contribution in [1.29, 1.82) is 0 Å². The highest BCUT2D eigenvalue weighted by Crippen LogP contribution is 2.35. The lowest BCUT2D eigenvalue weighted by molar-refractivity contribution is -0.153. The van der Waals surface area contributed by atoms with Gasteiger partial charge in [-0.2, -0.15) is 0 Å². The first-order chi connectivity index (χ1) is 14.7. The van der Waals surface area contributed by atoms with E-state index in [1.54, 1.807) is 17.4 Å². The van der Waals surface area contributed by atoms with Gasteiger partial charge in [0.2, 0.25) is 0 Å². The molecule has 0 aliphatic carbocycles. The number of hydrogen-bond donors (Lipinski definition) is 3. The van der Waals surface area contributed by atoms with E-state index in [1.807, 2.05) is 17.5 Å². The van der Waals surface area contributed by atoms with Gasteiger partial charge in [-0.3, -0.25) is 9.59 Å². The monoisotopic (exact) mass is 452 g/mol. The number of alkyl halides is 2. The number of nitrogens with zero attached hydrogens (tertiary/aromatic N) is 1. The van der Waals surface area contributed by atoms with E-state index in [1.165, 1.54) is 23.1 Å². The molecule has 1 aromatic carbocycles. The first-order valence-electron chi connectivity index (χ1n) is 10.1. The molecule has 1 aliphatic rings. The molecule has 2 aromatic rings. The number of halogens is 2. The van der Waals surface area contributed by atoms with Crippen molar-refractivity contribution in [3.8, 4) is 0 Å². The summed E-state index contributed by atoms with van der Waals surface area (Å²) in [4.78, 5) is 27.4. The Morgan fingerprint density at radius 3 is 2.71 bits per heavy atom. The topological polar surface area (TPSA) is 89.9 Å². The van der Waals surface area contributed by atoms with E-state index in [0.29, 0.717) is 31.4 Å². The second-order valence-electron chi connectivity index (χ2n) is 7.71. The van der Waals surface area contributed by atoms with Gasteiger partial charge >= 0.3 is 0 Å². The van der Waals surface area contributed by atoms with Gasteiger partial charge in [-0.1, -0.05) is 24.3 Å². The Labute approximate surface area is 183 Å². The molecule has 0 bridgehead atoms. The smallest absolute Gasteiger partial charge is 0.270 e.